The van der Waals surface area contributed by atoms with Crippen molar-refractivity contribution in [3.63, 3.8) is 0 Å². The predicted molar refractivity (Wildman–Crippen MR) is 116 cm³/mol. The van der Waals surface area contributed by atoms with Crippen molar-refractivity contribution in [3.8, 4) is 22.4 Å². The van der Waals surface area contributed by atoms with E-state index in [4.69, 9.17) is 27.9 Å². The van der Waals surface area contributed by atoms with Gasteiger partial charge in [0.15, 0.2) is 5.65 Å². The second-order valence-electron chi connectivity index (χ2n) is 6.44. The van der Waals surface area contributed by atoms with E-state index < -0.39 is 12.6 Å². The molecule has 8 heteroatoms. The van der Waals surface area contributed by atoms with Crippen molar-refractivity contribution in [3.05, 3.63) is 76.0 Å². The highest BCUT2D eigenvalue weighted by Gasteiger charge is 2.25. The van der Waals surface area contributed by atoms with Crippen LogP contribution >= 0.6 is 23.2 Å². The Morgan fingerprint density at radius 3 is 2.50 bits per heavy atom. The minimum atomic E-state index is -0.586. The number of aliphatic hydroxyl groups excluding tert-OH is 1. The first kappa shape index (κ1) is 20.3. The molecule has 0 aliphatic heterocycles. The Kier molecular flexibility index (Phi) is 5.72. The van der Waals surface area contributed by atoms with Crippen LogP contribution in [0.3, 0.4) is 0 Å². The molecule has 1 N–H and O–H groups in total. The summed E-state index contributed by atoms with van der Waals surface area (Å²) in [6, 6.07) is 14.6. The molecule has 0 unspecified atom stereocenters. The fourth-order valence-corrected chi connectivity index (χ4v) is 3.68. The van der Waals surface area contributed by atoms with Crippen LogP contribution in [0.1, 0.15) is 23.0 Å². The Morgan fingerprint density at radius 2 is 1.83 bits per heavy atom. The molecule has 0 saturated carbocycles. The number of hydrogen-bond acceptors (Lipinski definition) is 5. The van der Waals surface area contributed by atoms with E-state index >= 15 is 0 Å². The van der Waals surface area contributed by atoms with E-state index in [0.717, 1.165) is 16.7 Å². The smallest absolute Gasteiger partial charge is 0.344 e. The van der Waals surface area contributed by atoms with Gasteiger partial charge in [0.1, 0.15) is 11.3 Å². The van der Waals surface area contributed by atoms with E-state index in [1.54, 1.807) is 35.8 Å². The Morgan fingerprint density at radius 1 is 1.10 bits per heavy atom. The zero-order chi connectivity index (χ0) is 21.3. The number of carbonyl (C=O) groups is 1. The lowest BCUT2D eigenvalue weighted by molar-refractivity contribution is 0.0525. The minimum Gasteiger partial charge on any atom is -0.462 e. The van der Waals surface area contributed by atoms with Crippen LogP contribution in [0.2, 0.25) is 10.0 Å². The Labute approximate surface area is 182 Å². The van der Waals surface area contributed by atoms with Crippen molar-refractivity contribution in [2.24, 2.45) is 0 Å². The second kappa shape index (κ2) is 8.44. The number of aliphatic hydroxyl groups is 1. The van der Waals surface area contributed by atoms with E-state index in [1.807, 2.05) is 30.3 Å². The maximum atomic E-state index is 12.5. The molecule has 4 aromatic rings. The summed E-state index contributed by atoms with van der Waals surface area (Å²) in [5, 5.41) is 15.4. The van der Waals surface area contributed by atoms with Crippen LogP contribution in [0.4, 0.5) is 0 Å². The molecule has 6 nitrogen and oxygen atoms in total. The van der Waals surface area contributed by atoms with E-state index in [-0.39, 0.29) is 17.9 Å². The molecule has 2 aromatic heterocycles. The molecular weight excluding hydrogens is 425 g/mol. The van der Waals surface area contributed by atoms with Crippen LogP contribution < -0.4 is 0 Å². The Bertz CT molecular complexity index is 1240. The highest BCUT2D eigenvalue weighted by molar-refractivity contribution is 6.33. The first-order valence-corrected chi connectivity index (χ1v) is 10.00. The third-order valence-corrected chi connectivity index (χ3v) is 5.21. The van der Waals surface area contributed by atoms with Gasteiger partial charge in [0, 0.05) is 32.9 Å². The third-order valence-electron chi connectivity index (χ3n) is 4.63. The zero-order valence-electron chi connectivity index (χ0n) is 16.0. The summed E-state index contributed by atoms with van der Waals surface area (Å²) in [5.41, 5.74) is 3.56. The second-order valence-corrected chi connectivity index (χ2v) is 7.29. The molecule has 30 heavy (non-hydrogen) atoms. The molecular formula is C22H17Cl2N3O3. The summed E-state index contributed by atoms with van der Waals surface area (Å²) in [5.74, 6) is -0.586. The maximum Gasteiger partial charge on any atom is 0.344 e. The van der Waals surface area contributed by atoms with Gasteiger partial charge in [0.05, 0.1) is 18.9 Å². The number of carbonyl (C=O) groups excluding carboxylic acids is 1. The number of benzene rings is 2. The zero-order valence-corrected chi connectivity index (χ0v) is 17.5. The minimum absolute atomic E-state index is 0.139. The standard InChI is InChI=1S/C22H17Cl2N3O3/c1-2-30-22(29)19-18(12-28)26-27-20(13-7-9-14(23)10-8-13)16(11-25-21(19)27)15-5-3-4-6-17(15)24/h3-11,28H,2,12H2,1H3. The number of esters is 1. The van der Waals surface area contributed by atoms with E-state index in [1.165, 1.54) is 0 Å². The van der Waals surface area contributed by atoms with Crippen LogP contribution in [0.15, 0.2) is 54.7 Å². The fraction of sp³-hybridized carbons (Fsp3) is 0.136. The van der Waals surface area contributed by atoms with E-state index in [2.05, 4.69) is 10.1 Å². The number of rotatable bonds is 5. The first-order chi connectivity index (χ1) is 14.5. The predicted octanol–water partition coefficient (Wildman–Crippen LogP) is 5.04. The van der Waals surface area contributed by atoms with Crippen molar-refractivity contribution in [1.29, 1.82) is 0 Å². The quantitative estimate of drug-likeness (QED) is 0.439. The molecule has 0 fully saturated rings. The summed E-state index contributed by atoms with van der Waals surface area (Å²) < 4.78 is 6.69. The Hall–Kier alpha value is -2.93. The molecule has 0 aliphatic rings. The molecule has 0 radical (unpaired) electrons. The van der Waals surface area contributed by atoms with Crippen LogP contribution in [-0.4, -0.2) is 32.3 Å². The lowest BCUT2D eigenvalue weighted by atomic mass is 10.0. The van der Waals surface area contributed by atoms with Crippen molar-refractivity contribution in [1.82, 2.24) is 14.6 Å². The van der Waals surface area contributed by atoms with Gasteiger partial charge in [-0.2, -0.15) is 5.10 Å². The molecule has 0 atom stereocenters. The van der Waals surface area contributed by atoms with Crippen molar-refractivity contribution < 1.29 is 14.6 Å². The van der Waals surface area contributed by atoms with E-state index in [0.29, 0.717) is 21.4 Å². The largest absolute Gasteiger partial charge is 0.462 e. The topological polar surface area (TPSA) is 76.7 Å². The summed E-state index contributed by atoms with van der Waals surface area (Å²) >= 11 is 12.5. The van der Waals surface area contributed by atoms with Gasteiger partial charge in [-0.3, -0.25) is 0 Å². The lowest BCUT2D eigenvalue weighted by Crippen LogP contribution is -2.08. The van der Waals surface area contributed by atoms with Gasteiger partial charge < -0.3 is 9.84 Å². The molecule has 0 saturated heterocycles. The molecule has 0 amide bonds. The highest BCUT2D eigenvalue weighted by atomic mass is 35.5. The van der Waals surface area contributed by atoms with Gasteiger partial charge in [-0.05, 0) is 25.1 Å². The molecule has 4 rings (SSSR count). The monoisotopic (exact) mass is 441 g/mol. The van der Waals surface area contributed by atoms with Crippen LogP contribution in [-0.2, 0) is 11.3 Å². The van der Waals surface area contributed by atoms with Gasteiger partial charge >= 0.3 is 5.97 Å². The van der Waals surface area contributed by atoms with Gasteiger partial charge in [-0.25, -0.2) is 14.3 Å². The summed E-state index contributed by atoms with van der Waals surface area (Å²) in [6.07, 6.45) is 1.64. The number of fused-ring (bicyclic) bond motifs is 1. The molecule has 2 aromatic carbocycles. The van der Waals surface area contributed by atoms with Crippen LogP contribution in [0, 0.1) is 0 Å². The van der Waals surface area contributed by atoms with Crippen molar-refractivity contribution >= 4 is 34.8 Å². The fourth-order valence-electron chi connectivity index (χ4n) is 3.31. The van der Waals surface area contributed by atoms with Gasteiger partial charge in [-0.1, -0.05) is 53.5 Å². The average molecular weight is 442 g/mol. The lowest BCUT2D eigenvalue weighted by Gasteiger charge is -2.13. The summed E-state index contributed by atoms with van der Waals surface area (Å²) in [7, 11) is 0. The number of aromatic nitrogens is 3. The van der Waals surface area contributed by atoms with Crippen molar-refractivity contribution in [2.45, 2.75) is 13.5 Å². The molecule has 2 heterocycles. The number of nitrogens with zero attached hydrogens (tertiary/aromatic N) is 3. The Balaban J connectivity index is 2.08. The highest BCUT2D eigenvalue weighted by Crippen LogP contribution is 2.37. The number of halogens is 2. The van der Waals surface area contributed by atoms with Gasteiger partial charge in [0.2, 0.25) is 0 Å². The summed E-state index contributed by atoms with van der Waals surface area (Å²) in [4.78, 5) is 17.0. The van der Waals surface area contributed by atoms with Gasteiger partial charge in [0.25, 0.3) is 0 Å². The van der Waals surface area contributed by atoms with Gasteiger partial charge in [-0.15, -0.1) is 0 Å². The first-order valence-electron chi connectivity index (χ1n) is 9.24. The SMILES string of the molecule is CCOC(=O)c1c(CO)nn2c(-c3ccc(Cl)cc3)c(-c3ccccc3Cl)cnc12. The van der Waals surface area contributed by atoms with Crippen LogP contribution in [0.25, 0.3) is 28.0 Å². The number of hydrogen-bond donors (Lipinski definition) is 1. The molecule has 0 spiro atoms. The molecule has 152 valence electrons. The third kappa shape index (κ3) is 3.54. The average Bonchev–Trinajstić information content (AvgIpc) is 3.13. The molecule has 0 bridgehead atoms. The number of ether oxygens (including phenoxy) is 1. The van der Waals surface area contributed by atoms with Crippen molar-refractivity contribution in [2.75, 3.05) is 6.61 Å². The molecule has 0 aliphatic carbocycles. The normalized spacial score (nSPS) is 11.1. The van der Waals surface area contributed by atoms with Crippen LogP contribution in [0.5, 0.6) is 0 Å². The summed E-state index contributed by atoms with van der Waals surface area (Å²) in [6.45, 7) is 1.48. The van der Waals surface area contributed by atoms with E-state index in [9.17, 15) is 9.90 Å². The maximum absolute atomic E-state index is 12.5.